The first-order chi connectivity index (χ1) is 11.0. The summed E-state index contributed by atoms with van der Waals surface area (Å²) in [6.45, 7) is 0.208. The van der Waals surface area contributed by atoms with E-state index >= 15 is 0 Å². The van der Waals surface area contributed by atoms with E-state index in [2.05, 4.69) is 15.4 Å². The largest absolute Gasteiger partial charge is 0.360 e. The Morgan fingerprint density at radius 2 is 1.83 bits per heavy atom. The molecule has 0 aromatic heterocycles. The third-order valence-corrected chi connectivity index (χ3v) is 5.27. The molecule has 1 amide bonds. The molecule has 0 saturated carbocycles. The van der Waals surface area contributed by atoms with Gasteiger partial charge in [-0.15, -0.1) is 0 Å². The van der Waals surface area contributed by atoms with Gasteiger partial charge < -0.3 is 10.6 Å². The van der Waals surface area contributed by atoms with E-state index in [1.165, 1.54) is 6.07 Å². The first-order valence-corrected chi connectivity index (χ1v) is 8.72. The van der Waals surface area contributed by atoms with Gasteiger partial charge in [-0.1, -0.05) is 41.9 Å². The molecule has 120 valence electrons. The number of para-hydroxylation sites is 1. The normalized spacial score (nSPS) is 18.6. The average molecular weight is 352 g/mol. The minimum absolute atomic E-state index is 0.121. The Kier molecular flexibility index (Phi) is 4.25. The zero-order valence-corrected chi connectivity index (χ0v) is 13.5. The van der Waals surface area contributed by atoms with Gasteiger partial charge in [-0.3, -0.25) is 4.79 Å². The number of hydrogen-bond acceptors (Lipinski definition) is 4. The molecule has 2 aromatic rings. The number of nitrogens with one attached hydrogen (secondary N) is 3. The van der Waals surface area contributed by atoms with Gasteiger partial charge in [0.25, 0.3) is 5.91 Å². The van der Waals surface area contributed by atoms with Crippen LogP contribution >= 0.6 is 11.6 Å². The van der Waals surface area contributed by atoms with Crippen LogP contribution in [0.25, 0.3) is 0 Å². The number of carbonyl (C=O) groups excluding carboxylic acids is 1. The van der Waals surface area contributed by atoms with E-state index in [-0.39, 0.29) is 11.4 Å². The van der Waals surface area contributed by atoms with E-state index in [9.17, 15) is 13.2 Å². The maximum absolute atomic E-state index is 12.2. The number of fused-ring (bicyclic) bond motifs is 1. The van der Waals surface area contributed by atoms with Crippen LogP contribution in [0.3, 0.4) is 0 Å². The minimum atomic E-state index is -3.73. The van der Waals surface area contributed by atoms with Gasteiger partial charge in [0, 0.05) is 11.6 Å². The Hall–Kier alpha value is -2.09. The SMILES string of the molecule is O=C(NCc1ccccc1Cl)C1Nc2ccccc2S(=O)(=O)N1. The smallest absolute Gasteiger partial charge is 0.258 e. The van der Waals surface area contributed by atoms with Gasteiger partial charge in [-0.2, -0.15) is 4.72 Å². The summed E-state index contributed by atoms with van der Waals surface area (Å²) in [5.74, 6) is -0.483. The molecule has 1 heterocycles. The lowest BCUT2D eigenvalue weighted by molar-refractivity contribution is -0.122. The van der Waals surface area contributed by atoms with Crippen molar-refractivity contribution in [1.29, 1.82) is 0 Å². The van der Waals surface area contributed by atoms with E-state index < -0.39 is 22.1 Å². The lowest BCUT2D eigenvalue weighted by atomic mass is 10.2. The third kappa shape index (κ3) is 3.31. The van der Waals surface area contributed by atoms with E-state index in [1.807, 2.05) is 6.07 Å². The summed E-state index contributed by atoms with van der Waals surface area (Å²) in [6.07, 6.45) is -1.07. The molecule has 0 aliphatic carbocycles. The molecule has 2 aromatic carbocycles. The van der Waals surface area contributed by atoms with Crippen molar-refractivity contribution in [3.8, 4) is 0 Å². The van der Waals surface area contributed by atoms with Crippen LogP contribution in [0.15, 0.2) is 53.4 Å². The number of hydrogen-bond donors (Lipinski definition) is 3. The predicted molar refractivity (Wildman–Crippen MR) is 87.5 cm³/mol. The number of anilines is 1. The minimum Gasteiger partial charge on any atom is -0.360 e. The van der Waals surface area contributed by atoms with E-state index in [0.717, 1.165) is 5.56 Å². The standard InChI is InChI=1S/C15H14ClN3O3S/c16-11-6-2-1-5-10(11)9-17-15(20)14-18-12-7-3-4-8-13(12)23(21,22)19-14/h1-8,14,18-19H,9H2,(H,17,20). The third-order valence-electron chi connectivity index (χ3n) is 3.42. The molecule has 1 atom stereocenters. The van der Waals surface area contributed by atoms with E-state index in [0.29, 0.717) is 10.7 Å². The molecule has 0 bridgehead atoms. The van der Waals surface area contributed by atoms with Crippen molar-refractivity contribution in [2.24, 2.45) is 0 Å². The van der Waals surface area contributed by atoms with Gasteiger partial charge >= 0.3 is 0 Å². The molecule has 0 spiro atoms. The fourth-order valence-corrected chi connectivity index (χ4v) is 3.75. The quantitative estimate of drug-likeness (QED) is 0.785. The molecule has 1 aliphatic heterocycles. The van der Waals surface area contributed by atoms with Crippen molar-refractivity contribution < 1.29 is 13.2 Å². The van der Waals surface area contributed by atoms with Crippen molar-refractivity contribution >= 4 is 33.2 Å². The number of sulfonamides is 1. The molecule has 1 aliphatic rings. The molecular formula is C15H14ClN3O3S. The molecule has 0 fully saturated rings. The zero-order valence-electron chi connectivity index (χ0n) is 11.9. The van der Waals surface area contributed by atoms with Gasteiger partial charge in [-0.05, 0) is 23.8 Å². The highest BCUT2D eigenvalue weighted by Gasteiger charge is 2.32. The Morgan fingerprint density at radius 1 is 1.13 bits per heavy atom. The fraction of sp³-hybridized carbons (Fsp3) is 0.133. The van der Waals surface area contributed by atoms with Crippen LogP contribution in [0.1, 0.15) is 5.56 Å². The van der Waals surface area contributed by atoms with Gasteiger partial charge in [0.1, 0.15) is 4.90 Å². The highest BCUT2D eigenvalue weighted by atomic mass is 35.5. The first kappa shape index (κ1) is 15.8. The topological polar surface area (TPSA) is 87.3 Å². The Labute approximate surface area is 138 Å². The molecule has 0 radical (unpaired) electrons. The number of rotatable bonds is 3. The number of carbonyl (C=O) groups is 1. The van der Waals surface area contributed by atoms with Crippen molar-refractivity contribution in [3.05, 3.63) is 59.1 Å². The number of benzene rings is 2. The summed E-state index contributed by atoms with van der Waals surface area (Å²) in [6, 6.07) is 13.5. The maximum atomic E-state index is 12.2. The highest BCUT2D eigenvalue weighted by Crippen LogP contribution is 2.25. The van der Waals surface area contributed by atoms with Crippen LogP contribution in [0, 0.1) is 0 Å². The lowest BCUT2D eigenvalue weighted by Crippen LogP contribution is -2.53. The molecule has 1 unspecified atom stereocenters. The van der Waals surface area contributed by atoms with Crippen molar-refractivity contribution in [2.75, 3.05) is 5.32 Å². The number of amides is 1. The highest BCUT2D eigenvalue weighted by molar-refractivity contribution is 7.89. The van der Waals surface area contributed by atoms with Crippen molar-refractivity contribution in [2.45, 2.75) is 17.6 Å². The lowest BCUT2D eigenvalue weighted by Gasteiger charge is -2.27. The fourth-order valence-electron chi connectivity index (χ4n) is 2.27. The van der Waals surface area contributed by atoms with Crippen LogP contribution in [0.4, 0.5) is 5.69 Å². The molecule has 3 rings (SSSR count). The van der Waals surface area contributed by atoms with E-state index in [1.54, 1.807) is 36.4 Å². The molecule has 8 heteroatoms. The average Bonchev–Trinajstić information content (AvgIpc) is 2.53. The Balaban J connectivity index is 1.73. The molecule has 0 saturated heterocycles. The summed E-state index contributed by atoms with van der Waals surface area (Å²) >= 11 is 6.03. The zero-order chi connectivity index (χ0) is 16.4. The maximum Gasteiger partial charge on any atom is 0.258 e. The van der Waals surface area contributed by atoms with E-state index in [4.69, 9.17) is 11.6 Å². The first-order valence-electron chi connectivity index (χ1n) is 6.86. The summed E-state index contributed by atoms with van der Waals surface area (Å²) < 4.78 is 26.6. The summed E-state index contributed by atoms with van der Waals surface area (Å²) in [4.78, 5) is 12.4. The van der Waals surface area contributed by atoms with Crippen molar-refractivity contribution in [1.82, 2.24) is 10.0 Å². The Bertz CT molecular complexity index is 855. The van der Waals surface area contributed by atoms with Gasteiger partial charge in [0.2, 0.25) is 10.0 Å². The summed E-state index contributed by atoms with van der Waals surface area (Å²) in [5.41, 5.74) is 1.14. The molecule has 23 heavy (non-hydrogen) atoms. The second-order valence-corrected chi connectivity index (χ2v) is 7.09. The van der Waals surface area contributed by atoms with Crippen LogP contribution in [-0.4, -0.2) is 20.5 Å². The monoisotopic (exact) mass is 351 g/mol. The van der Waals surface area contributed by atoms with Crippen LogP contribution in [-0.2, 0) is 21.4 Å². The van der Waals surface area contributed by atoms with Gasteiger partial charge in [0.15, 0.2) is 6.17 Å². The second-order valence-electron chi connectivity index (χ2n) is 5.00. The molecule has 6 nitrogen and oxygen atoms in total. The van der Waals surface area contributed by atoms with Crippen LogP contribution < -0.4 is 15.4 Å². The summed E-state index contributed by atoms with van der Waals surface area (Å²) in [5, 5.41) is 6.07. The van der Waals surface area contributed by atoms with Crippen LogP contribution in [0.5, 0.6) is 0 Å². The van der Waals surface area contributed by atoms with Gasteiger partial charge in [0.05, 0.1) is 5.69 Å². The number of halogens is 1. The second kappa shape index (κ2) is 6.19. The van der Waals surface area contributed by atoms with Crippen LogP contribution in [0.2, 0.25) is 5.02 Å². The van der Waals surface area contributed by atoms with Gasteiger partial charge in [-0.25, -0.2) is 8.42 Å². The molecular weight excluding hydrogens is 338 g/mol. The Morgan fingerprint density at radius 3 is 2.61 bits per heavy atom. The summed E-state index contributed by atoms with van der Waals surface area (Å²) in [7, 11) is -3.73. The molecule has 3 N–H and O–H groups in total. The predicted octanol–water partition coefficient (Wildman–Crippen LogP) is 1.69. The van der Waals surface area contributed by atoms with Crippen molar-refractivity contribution in [3.63, 3.8) is 0 Å².